The number of aryl methyl sites for hydroxylation is 3. The van der Waals surface area contributed by atoms with Crippen molar-refractivity contribution in [2.24, 2.45) is 7.05 Å². The topological polar surface area (TPSA) is 132 Å². The highest BCUT2D eigenvalue weighted by molar-refractivity contribution is 5.99. The van der Waals surface area contributed by atoms with Crippen LogP contribution in [0.2, 0.25) is 0 Å². The summed E-state index contributed by atoms with van der Waals surface area (Å²) in [5.74, 6) is -4.80. The Morgan fingerprint density at radius 2 is 1.76 bits per heavy atom. The number of aromatic nitrogens is 5. The normalized spacial score (nSPS) is 11.9. The second-order valence-corrected chi connectivity index (χ2v) is 9.51. The number of carboxylic acids is 1. The van der Waals surface area contributed by atoms with E-state index in [0.29, 0.717) is 27.7 Å². The lowest BCUT2D eigenvalue weighted by molar-refractivity contribution is -0.139. The number of nitrogens with one attached hydrogen (secondary N) is 1. The summed E-state index contributed by atoms with van der Waals surface area (Å²) in [6.07, 6.45) is 2.81. The highest BCUT2D eigenvalue weighted by Gasteiger charge is 2.26. The van der Waals surface area contributed by atoms with Gasteiger partial charge in [-0.2, -0.15) is 10.2 Å². The molecule has 3 aromatic heterocycles. The summed E-state index contributed by atoms with van der Waals surface area (Å²) in [7, 11) is 1.52. The minimum Gasteiger partial charge on any atom is -0.480 e. The van der Waals surface area contributed by atoms with Crippen LogP contribution in [0.15, 0.2) is 65.7 Å². The predicted octanol–water partition coefficient (Wildman–Crippen LogP) is 3.50. The number of rotatable bonds is 7. The van der Waals surface area contributed by atoms with Crippen LogP contribution in [0.3, 0.4) is 0 Å². The summed E-state index contributed by atoms with van der Waals surface area (Å²) in [6.45, 7) is 3.68. The van der Waals surface area contributed by atoms with Gasteiger partial charge in [0.25, 0.3) is 11.5 Å². The molecular weight excluding hydrogens is 534 g/mol. The maximum Gasteiger partial charge on any atom is 0.326 e. The molecule has 0 saturated heterocycles. The first-order chi connectivity index (χ1) is 19.6. The van der Waals surface area contributed by atoms with Crippen LogP contribution in [-0.2, 0) is 18.3 Å². The van der Waals surface area contributed by atoms with Gasteiger partial charge in [0.05, 0.1) is 28.8 Å². The number of aliphatic carboxylic acids is 1. The summed E-state index contributed by atoms with van der Waals surface area (Å²) in [4.78, 5) is 42.7. The zero-order valence-corrected chi connectivity index (χ0v) is 22.2. The molecule has 3 heterocycles. The molecule has 12 heteroatoms. The van der Waals surface area contributed by atoms with Crippen molar-refractivity contribution in [2.45, 2.75) is 26.3 Å². The van der Waals surface area contributed by atoms with Crippen molar-refractivity contribution in [3.05, 3.63) is 105 Å². The minimum atomic E-state index is -1.51. The molecule has 0 spiro atoms. The molecule has 0 aliphatic rings. The number of pyridine rings is 1. The number of hydrogen-bond donors (Lipinski definition) is 2. The Bertz CT molecular complexity index is 1880. The number of carbonyl (C=O) groups is 2. The van der Waals surface area contributed by atoms with Crippen molar-refractivity contribution < 1.29 is 23.5 Å². The molecule has 5 aromatic rings. The quantitative estimate of drug-likeness (QED) is 0.313. The van der Waals surface area contributed by atoms with E-state index >= 15 is 0 Å². The Morgan fingerprint density at radius 3 is 2.41 bits per heavy atom. The molecule has 0 saturated carbocycles. The first-order valence-electron chi connectivity index (χ1n) is 12.5. The van der Waals surface area contributed by atoms with E-state index in [1.54, 1.807) is 28.9 Å². The van der Waals surface area contributed by atoms with E-state index < -0.39 is 40.7 Å². The first-order valence-corrected chi connectivity index (χ1v) is 12.5. The molecule has 208 valence electrons. The molecule has 10 nitrogen and oxygen atoms in total. The monoisotopic (exact) mass is 558 g/mol. The highest BCUT2D eigenvalue weighted by atomic mass is 19.1. The number of nitrogens with zero attached hydrogens (tertiary/aromatic N) is 5. The largest absolute Gasteiger partial charge is 0.480 e. The molecule has 1 amide bonds. The fourth-order valence-corrected chi connectivity index (χ4v) is 4.80. The summed E-state index contributed by atoms with van der Waals surface area (Å²) in [6, 6.07) is 10.0. The SMILES string of the molecule is Cc1cc(C)n(-c2cnn(C)c(=O)c2-c2nccc3c(C[C@H](NC(=O)c4c(F)cccc4F)C(=O)O)cccc23)n1. The van der Waals surface area contributed by atoms with Crippen LogP contribution in [0.4, 0.5) is 8.78 Å². The van der Waals surface area contributed by atoms with Gasteiger partial charge in [-0.25, -0.2) is 22.9 Å². The molecule has 2 aromatic carbocycles. The lowest BCUT2D eigenvalue weighted by Gasteiger charge is -2.17. The van der Waals surface area contributed by atoms with Gasteiger partial charge in [-0.15, -0.1) is 0 Å². The molecule has 0 aliphatic carbocycles. The fraction of sp³-hybridized carbons (Fsp3) is 0.172. The van der Waals surface area contributed by atoms with E-state index in [1.807, 2.05) is 19.9 Å². The maximum atomic E-state index is 14.1. The average molecular weight is 559 g/mol. The lowest BCUT2D eigenvalue weighted by Crippen LogP contribution is -2.43. The van der Waals surface area contributed by atoms with Gasteiger partial charge < -0.3 is 10.4 Å². The zero-order valence-electron chi connectivity index (χ0n) is 22.2. The molecule has 0 fully saturated rings. The van der Waals surface area contributed by atoms with Crippen LogP contribution in [0.5, 0.6) is 0 Å². The number of halogens is 2. The molecule has 0 radical (unpaired) electrons. The summed E-state index contributed by atoms with van der Waals surface area (Å²) >= 11 is 0. The average Bonchev–Trinajstić information content (AvgIpc) is 3.26. The number of amides is 1. The van der Waals surface area contributed by atoms with Gasteiger partial charge in [0.1, 0.15) is 23.2 Å². The van der Waals surface area contributed by atoms with Gasteiger partial charge in [0.15, 0.2) is 0 Å². The summed E-state index contributed by atoms with van der Waals surface area (Å²) in [5.41, 5.74) is 1.76. The van der Waals surface area contributed by atoms with Crippen molar-refractivity contribution in [1.82, 2.24) is 29.9 Å². The molecule has 0 aliphatic heterocycles. The molecule has 5 rings (SSSR count). The lowest BCUT2D eigenvalue weighted by atomic mass is 9.96. The standard InChI is InChI=1S/C29H24F2N6O4/c1-15-12-16(2)37(35-15)23-14-33-36(3)28(39)25(23)26-19-7-4-6-17(18(19)10-11-32-26)13-22(29(40)41)34-27(38)24-20(30)8-5-9-21(24)31/h4-12,14,22H,13H2,1-3H3,(H,34,38)(H,40,41)/t22-/m0/s1. The van der Waals surface area contributed by atoms with Gasteiger partial charge in [-0.1, -0.05) is 24.3 Å². The van der Waals surface area contributed by atoms with E-state index in [9.17, 15) is 28.3 Å². The fourth-order valence-electron chi connectivity index (χ4n) is 4.80. The third-order valence-corrected chi connectivity index (χ3v) is 6.71. The van der Waals surface area contributed by atoms with Gasteiger partial charge in [0, 0.05) is 30.7 Å². The van der Waals surface area contributed by atoms with E-state index in [4.69, 9.17) is 0 Å². The number of fused-ring (bicyclic) bond motifs is 1. The number of benzene rings is 2. The smallest absolute Gasteiger partial charge is 0.326 e. The van der Waals surface area contributed by atoms with Crippen molar-refractivity contribution in [2.75, 3.05) is 0 Å². The van der Waals surface area contributed by atoms with Crippen molar-refractivity contribution >= 4 is 22.6 Å². The third-order valence-electron chi connectivity index (χ3n) is 6.71. The number of carbonyl (C=O) groups excluding carboxylic acids is 1. The van der Waals surface area contributed by atoms with Crippen LogP contribution in [0.1, 0.15) is 27.3 Å². The second-order valence-electron chi connectivity index (χ2n) is 9.51. The third kappa shape index (κ3) is 5.07. The summed E-state index contributed by atoms with van der Waals surface area (Å²) in [5, 5.41) is 21.9. The van der Waals surface area contributed by atoms with E-state index in [2.05, 4.69) is 20.5 Å². The Labute approximate surface area is 231 Å². The second kappa shape index (κ2) is 10.7. The van der Waals surface area contributed by atoms with Gasteiger partial charge in [-0.3, -0.25) is 14.6 Å². The molecule has 0 unspecified atom stereocenters. The van der Waals surface area contributed by atoms with Crippen LogP contribution in [0.25, 0.3) is 27.7 Å². The highest BCUT2D eigenvalue weighted by Crippen LogP contribution is 2.31. The molecule has 0 bridgehead atoms. The summed E-state index contributed by atoms with van der Waals surface area (Å²) < 4.78 is 31.1. The van der Waals surface area contributed by atoms with Crippen LogP contribution < -0.4 is 10.9 Å². The van der Waals surface area contributed by atoms with Crippen LogP contribution in [0, 0.1) is 25.5 Å². The van der Waals surface area contributed by atoms with Crippen molar-refractivity contribution in [3.8, 4) is 16.9 Å². The Kier molecular flexibility index (Phi) is 7.14. The molecule has 2 N–H and O–H groups in total. The minimum absolute atomic E-state index is 0.212. The van der Waals surface area contributed by atoms with E-state index in [0.717, 1.165) is 29.6 Å². The van der Waals surface area contributed by atoms with Gasteiger partial charge in [-0.05, 0) is 49.1 Å². The molecule has 1 atom stereocenters. The molecular formula is C29H24F2N6O4. The van der Waals surface area contributed by atoms with Gasteiger partial charge >= 0.3 is 5.97 Å². The number of hydrogen-bond acceptors (Lipinski definition) is 6. The van der Waals surface area contributed by atoms with Crippen molar-refractivity contribution in [1.29, 1.82) is 0 Å². The number of carboxylic acid groups (broad SMARTS) is 1. The predicted molar refractivity (Wildman–Crippen MR) is 146 cm³/mol. The maximum absolute atomic E-state index is 14.1. The molecule has 41 heavy (non-hydrogen) atoms. The van der Waals surface area contributed by atoms with Crippen LogP contribution >= 0.6 is 0 Å². The van der Waals surface area contributed by atoms with E-state index in [1.165, 1.54) is 24.1 Å². The van der Waals surface area contributed by atoms with Crippen molar-refractivity contribution in [3.63, 3.8) is 0 Å². The Morgan fingerprint density at radius 1 is 1.05 bits per heavy atom. The van der Waals surface area contributed by atoms with Gasteiger partial charge in [0.2, 0.25) is 0 Å². The Balaban J connectivity index is 1.60. The van der Waals surface area contributed by atoms with E-state index in [-0.39, 0.29) is 12.0 Å². The van der Waals surface area contributed by atoms with Crippen LogP contribution in [-0.4, -0.2) is 47.6 Å². The Hall–Kier alpha value is -5.26. The first kappa shape index (κ1) is 27.3. The zero-order chi connectivity index (χ0) is 29.4.